The van der Waals surface area contributed by atoms with E-state index in [2.05, 4.69) is 15.3 Å². The van der Waals surface area contributed by atoms with Gasteiger partial charge in [0.15, 0.2) is 0 Å². The van der Waals surface area contributed by atoms with E-state index >= 15 is 0 Å². The van der Waals surface area contributed by atoms with Crippen molar-refractivity contribution in [1.82, 2.24) is 5.32 Å². The van der Waals surface area contributed by atoms with Crippen molar-refractivity contribution in [1.29, 1.82) is 0 Å². The van der Waals surface area contributed by atoms with E-state index < -0.39 is 36.5 Å². The van der Waals surface area contributed by atoms with E-state index in [1.165, 1.54) is 0 Å². The molecule has 1 aliphatic heterocycles. The van der Waals surface area contributed by atoms with Crippen LogP contribution in [0.2, 0.25) is 0 Å². The molecular formula is C23H28N4O5. The molecule has 0 radical (unpaired) electrons. The molecule has 5 atom stereocenters. The third kappa shape index (κ3) is 6.70. The molecule has 0 bridgehead atoms. The number of alkyl carbamates (subject to hydrolysis) is 1. The molecule has 1 amide bonds. The molecule has 1 heterocycles. The van der Waals surface area contributed by atoms with E-state index in [1.54, 1.807) is 6.92 Å². The van der Waals surface area contributed by atoms with Crippen LogP contribution in [0.3, 0.4) is 0 Å². The lowest BCUT2D eigenvalue weighted by molar-refractivity contribution is -0.173. The highest BCUT2D eigenvalue weighted by atomic mass is 16.7. The summed E-state index contributed by atoms with van der Waals surface area (Å²) in [6, 6.07) is 17.8. The first-order chi connectivity index (χ1) is 15.6. The number of nitrogens with zero attached hydrogens (tertiary/aromatic N) is 3. The van der Waals surface area contributed by atoms with Gasteiger partial charge in [-0.3, -0.25) is 0 Å². The van der Waals surface area contributed by atoms with Crippen molar-refractivity contribution in [2.24, 2.45) is 5.11 Å². The van der Waals surface area contributed by atoms with E-state index in [1.807, 2.05) is 67.6 Å². The lowest BCUT2D eigenvalue weighted by atomic mass is 9.92. The average Bonchev–Trinajstić information content (AvgIpc) is 2.81. The molecule has 1 aliphatic rings. The Kier molecular flexibility index (Phi) is 8.89. The minimum atomic E-state index is -0.648. The zero-order valence-corrected chi connectivity index (χ0v) is 18.2. The van der Waals surface area contributed by atoms with Gasteiger partial charge in [0.2, 0.25) is 0 Å². The SMILES string of the molecule is C[C@@H]1O[C@H](C)[C@H](NC(=O)OCc2ccccc2)[C@H](OCOCc2ccccc2)[C@@H]1N=[N+]=[N-]. The van der Waals surface area contributed by atoms with E-state index in [0.29, 0.717) is 6.61 Å². The highest BCUT2D eigenvalue weighted by molar-refractivity contribution is 5.67. The van der Waals surface area contributed by atoms with Crippen LogP contribution in [0.15, 0.2) is 65.8 Å². The van der Waals surface area contributed by atoms with Gasteiger partial charge in [-0.1, -0.05) is 65.8 Å². The molecule has 1 fully saturated rings. The fraction of sp³-hybridized carbons (Fsp3) is 0.435. The number of hydrogen-bond donors (Lipinski definition) is 1. The maximum absolute atomic E-state index is 12.5. The maximum Gasteiger partial charge on any atom is 0.407 e. The third-order valence-corrected chi connectivity index (χ3v) is 5.24. The number of benzene rings is 2. The van der Waals surface area contributed by atoms with Crippen molar-refractivity contribution < 1.29 is 23.7 Å². The number of nitrogens with one attached hydrogen (secondary N) is 1. The number of carbonyl (C=O) groups excluding carboxylic acids is 1. The van der Waals surface area contributed by atoms with Crippen molar-refractivity contribution >= 4 is 6.09 Å². The van der Waals surface area contributed by atoms with Crippen molar-refractivity contribution in [2.75, 3.05) is 6.79 Å². The van der Waals surface area contributed by atoms with Crippen molar-refractivity contribution in [3.63, 3.8) is 0 Å². The van der Waals surface area contributed by atoms with E-state index in [0.717, 1.165) is 11.1 Å². The molecule has 0 aliphatic carbocycles. The predicted octanol–water partition coefficient (Wildman–Crippen LogP) is 4.33. The fourth-order valence-electron chi connectivity index (χ4n) is 3.63. The largest absolute Gasteiger partial charge is 0.445 e. The van der Waals surface area contributed by atoms with Crippen LogP contribution < -0.4 is 5.32 Å². The Morgan fingerprint density at radius 1 is 1.03 bits per heavy atom. The monoisotopic (exact) mass is 440 g/mol. The van der Waals surface area contributed by atoms with Gasteiger partial charge in [0.1, 0.15) is 13.4 Å². The zero-order chi connectivity index (χ0) is 22.8. The lowest BCUT2D eigenvalue weighted by Gasteiger charge is -2.43. The minimum absolute atomic E-state index is 0.0340. The van der Waals surface area contributed by atoms with Crippen LogP contribution in [0.25, 0.3) is 10.4 Å². The molecular weight excluding hydrogens is 412 g/mol. The first-order valence-corrected chi connectivity index (χ1v) is 10.5. The Morgan fingerprint density at radius 3 is 2.28 bits per heavy atom. The molecule has 1 N–H and O–H groups in total. The smallest absolute Gasteiger partial charge is 0.407 e. The van der Waals surface area contributed by atoms with Crippen molar-refractivity contribution in [3.8, 4) is 0 Å². The molecule has 0 spiro atoms. The summed E-state index contributed by atoms with van der Waals surface area (Å²) in [6.07, 6.45) is -2.04. The van der Waals surface area contributed by atoms with Gasteiger partial charge in [0.05, 0.1) is 37.0 Å². The second-order valence-electron chi connectivity index (χ2n) is 7.56. The predicted molar refractivity (Wildman–Crippen MR) is 117 cm³/mol. The molecule has 9 heteroatoms. The van der Waals surface area contributed by atoms with Crippen LogP contribution in [0.1, 0.15) is 25.0 Å². The number of hydrogen-bond acceptors (Lipinski definition) is 6. The standard InChI is InChI=1S/C23H28N4O5/c1-16-20(25-23(28)30-14-19-11-7-4-8-12-19)22(21(26-27-24)17(2)32-16)31-15-29-13-18-9-5-3-6-10-18/h3-12,16-17,20-22H,13-15H2,1-2H3,(H,25,28)/t16-,17+,20+,21-,22+/m1/s1. The van der Waals surface area contributed by atoms with Gasteiger partial charge < -0.3 is 24.3 Å². The number of ether oxygens (including phenoxy) is 4. The molecule has 0 saturated carbocycles. The van der Waals surface area contributed by atoms with Gasteiger partial charge in [0.25, 0.3) is 0 Å². The number of carbonyl (C=O) groups is 1. The fourth-order valence-corrected chi connectivity index (χ4v) is 3.63. The van der Waals surface area contributed by atoms with Gasteiger partial charge in [0, 0.05) is 4.91 Å². The second kappa shape index (κ2) is 12.1. The Morgan fingerprint density at radius 2 is 1.66 bits per heavy atom. The zero-order valence-electron chi connectivity index (χ0n) is 18.2. The topological polar surface area (TPSA) is 115 Å². The van der Waals surface area contributed by atoms with Crippen LogP contribution in [-0.4, -0.2) is 43.3 Å². The van der Waals surface area contributed by atoms with Crippen LogP contribution in [0.5, 0.6) is 0 Å². The first-order valence-electron chi connectivity index (χ1n) is 10.5. The molecule has 9 nitrogen and oxygen atoms in total. The molecule has 0 aromatic heterocycles. The van der Waals surface area contributed by atoms with E-state index in [-0.39, 0.29) is 13.4 Å². The van der Waals surface area contributed by atoms with E-state index in [4.69, 9.17) is 24.5 Å². The summed E-state index contributed by atoms with van der Waals surface area (Å²) < 4.78 is 22.8. The van der Waals surface area contributed by atoms with Crippen LogP contribution in [-0.2, 0) is 32.2 Å². The summed E-state index contributed by atoms with van der Waals surface area (Å²) in [5.74, 6) is 0. The van der Waals surface area contributed by atoms with Crippen LogP contribution >= 0.6 is 0 Å². The molecule has 3 rings (SSSR count). The molecule has 2 aromatic rings. The summed E-state index contributed by atoms with van der Waals surface area (Å²) >= 11 is 0. The van der Waals surface area contributed by atoms with Gasteiger partial charge in [-0.05, 0) is 30.5 Å². The highest BCUT2D eigenvalue weighted by Gasteiger charge is 2.44. The van der Waals surface area contributed by atoms with Crippen LogP contribution in [0, 0.1) is 0 Å². The molecule has 1 saturated heterocycles. The maximum atomic E-state index is 12.5. The summed E-state index contributed by atoms with van der Waals surface area (Å²) in [6.45, 7) is 4.11. The average molecular weight is 441 g/mol. The van der Waals surface area contributed by atoms with Gasteiger partial charge in [-0.25, -0.2) is 4.79 Å². The molecule has 0 unspecified atom stereocenters. The van der Waals surface area contributed by atoms with Crippen molar-refractivity contribution in [3.05, 3.63) is 82.2 Å². The normalized spacial score (nSPS) is 24.9. The number of rotatable bonds is 9. The Labute approximate surface area is 187 Å². The molecule has 170 valence electrons. The Bertz CT molecular complexity index is 892. The molecule has 32 heavy (non-hydrogen) atoms. The number of amides is 1. The van der Waals surface area contributed by atoms with Gasteiger partial charge in [-0.15, -0.1) is 0 Å². The second-order valence-corrected chi connectivity index (χ2v) is 7.56. The molecule has 2 aromatic carbocycles. The third-order valence-electron chi connectivity index (χ3n) is 5.24. The van der Waals surface area contributed by atoms with Gasteiger partial charge in [-0.2, -0.15) is 0 Å². The van der Waals surface area contributed by atoms with Gasteiger partial charge >= 0.3 is 6.09 Å². The lowest BCUT2D eigenvalue weighted by Crippen LogP contribution is -2.62. The van der Waals surface area contributed by atoms with Crippen LogP contribution in [0.4, 0.5) is 4.79 Å². The number of azide groups is 1. The Balaban J connectivity index is 1.61. The van der Waals surface area contributed by atoms with Crippen molar-refractivity contribution in [2.45, 2.75) is 57.5 Å². The highest BCUT2D eigenvalue weighted by Crippen LogP contribution is 2.26. The summed E-state index contributed by atoms with van der Waals surface area (Å²) in [4.78, 5) is 15.4. The summed E-state index contributed by atoms with van der Waals surface area (Å²) in [5.41, 5.74) is 10.9. The first kappa shape index (κ1) is 23.6. The quantitative estimate of drug-likeness (QED) is 0.205. The summed E-state index contributed by atoms with van der Waals surface area (Å²) in [5, 5.41) is 6.66. The summed E-state index contributed by atoms with van der Waals surface area (Å²) in [7, 11) is 0. The minimum Gasteiger partial charge on any atom is -0.445 e. The van der Waals surface area contributed by atoms with E-state index in [9.17, 15) is 4.79 Å². The Hall–Kier alpha value is -3.10.